The Labute approximate surface area is 191 Å². The van der Waals surface area contributed by atoms with Crippen molar-refractivity contribution < 1.29 is 12.8 Å². The van der Waals surface area contributed by atoms with Crippen LogP contribution in [0.2, 0.25) is 0 Å². The van der Waals surface area contributed by atoms with Crippen LogP contribution in [0.15, 0.2) is 48.7 Å². The largest absolute Gasteiger partial charge is 0.301 e. The van der Waals surface area contributed by atoms with E-state index >= 15 is 0 Å². The Morgan fingerprint density at radius 1 is 1.13 bits per heavy atom. The molecule has 0 aliphatic carbocycles. The lowest BCUT2D eigenvalue weighted by Gasteiger charge is -2.39. The molecule has 0 spiro atoms. The SMILES string of the molecule is CCN(C)S(=O)(=O)CCCN1CCN(C(c2ccccc2)c2cc(F)ccn2)CC1.Cl. The van der Waals surface area contributed by atoms with Gasteiger partial charge in [0.1, 0.15) is 5.82 Å². The van der Waals surface area contributed by atoms with Gasteiger partial charge in [-0.1, -0.05) is 37.3 Å². The van der Waals surface area contributed by atoms with Crippen molar-refractivity contribution in [1.29, 1.82) is 0 Å². The topological polar surface area (TPSA) is 56.8 Å². The highest BCUT2D eigenvalue weighted by molar-refractivity contribution is 7.89. The molecular weight excluding hydrogens is 439 g/mol. The van der Waals surface area contributed by atoms with Gasteiger partial charge in [-0.25, -0.2) is 17.1 Å². The number of hydrogen-bond acceptors (Lipinski definition) is 5. The molecule has 3 rings (SSSR count). The highest BCUT2D eigenvalue weighted by atomic mass is 35.5. The molecule has 0 bridgehead atoms. The number of sulfonamides is 1. The van der Waals surface area contributed by atoms with Crippen LogP contribution < -0.4 is 0 Å². The van der Waals surface area contributed by atoms with Gasteiger partial charge in [0.25, 0.3) is 0 Å². The quantitative estimate of drug-likeness (QED) is 0.564. The molecule has 172 valence electrons. The fourth-order valence-corrected chi connectivity index (χ4v) is 5.04. The van der Waals surface area contributed by atoms with Crippen LogP contribution >= 0.6 is 12.4 Å². The molecule has 1 atom stereocenters. The number of nitrogens with zero attached hydrogens (tertiary/aromatic N) is 4. The Morgan fingerprint density at radius 2 is 1.81 bits per heavy atom. The zero-order chi connectivity index (χ0) is 21.6. The summed E-state index contributed by atoms with van der Waals surface area (Å²) in [6.45, 7) is 6.44. The number of piperazine rings is 1. The van der Waals surface area contributed by atoms with Crippen LogP contribution in [0, 0.1) is 5.82 Å². The van der Waals surface area contributed by atoms with Crippen molar-refractivity contribution in [2.75, 3.05) is 52.1 Å². The van der Waals surface area contributed by atoms with Gasteiger partial charge in [0.2, 0.25) is 10.0 Å². The van der Waals surface area contributed by atoms with Gasteiger partial charge >= 0.3 is 0 Å². The van der Waals surface area contributed by atoms with Crippen LogP contribution in [0.3, 0.4) is 0 Å². The summed E-state index contributed by atoms with van der Waals surface area (Å²) in [6, 6.07) is 12.9. The fraction of sp³-hybridized carbons (Fsp3) is 0.500. The number of pyridine rings is 1. The van der Waals surface area contributed by atoms with Crippen LogP contribution in [0.1, 0.15) is 30.6 Å². The van der Waals surface area contributed by atoms with E-state index in [0.29, 0.717) is 18.7 Å². The van der Waals surface area contributed by atoms with Crippen molar-refractivity contribution in [3.63, 3.8) is 0 Å². The van der Waals surface area contributed by atoms with E-state index in [1.165, 1.54) is 22.6 Å². The van der Waals surface area contributed by atoms with Crippen molar-refractivity contribution in [2.24, 2.45) is 0 Å². The summed E-state index contributed by atoms with van der Waals surface area (Å²) in [5.41, 5.74) is 1.81. The molecule has 2 heterocycles. The maximum Gasteiger partial charge on any atom is 0.213 e. The fourth-order valence-electron chi connectivity index (χ4n) is 3.84. The van der Waals surface area contributed by atoms with Gasteiger partial charge in [0.15, 0.2) is 0 Å². The van der Waals surface area contributed by atoms with Crippen LogP contribution in [0.5, 0.6) is 0 Å². The van der Waals surface area contributed by atoms with E-state index < -0.39 is 10.0 Å². The summed E-state index contributed by atoms with van der Waals surface area (Å²) in [4.78, 5) is 9.08. The molecule has 1 aliphatic heterocycles. The minimum atomic E-state index is -3.16. The lowest BCUT2D eigenvalue weighted by Crippen LogP contribution is -2.48. The zero-order valence-electron chi connectivity index (χ0n) is 18.2. The van der Waals surface area contributed by atoms with Gasteiger partial charge in [0.05, 0.1) is 17.5 Å². The smallest absolute Gasteiger partial charge is 0.213 e. The molecule has 0 saturated carbocycles. The molecule has 0 radical (unpaired) electrons. The molecule has 6 nitrogen and oxygen atoms in total. The van der Waals surface area contributed by atoms with E-state index in [1.54, 1.807) is 7.05 Å². The van der Waals surface area contributed by atoms with E-state index in [1.807, 2.05) is 25.1 Å². The van der Waals surface area contributed by atoms with E-state index in [9.17, 15) is 12.8 Å². The van der Waals surface area contributed by atoms with Crippen LogP contribution in [-0.4, -0.2) is 79.6 Å². The average molecular weight is 471 g/mol. The molecule has 0 amide bonds. The average Bonchev–Trinajstić information content (AvgIpc) is 2.75. The van der Waals surface area contributed by atoms with Crippen molar-refractivity contribution in [3.05, 3.63) is 65.7 Å². The molecule has 1 aromatic carbocycles. The maximum atomic E-state index is 13.9. The third-order valence-corrected chi connectivity index (χ3v) is 7.72. The molecule has 1 aromatic heterocycles. The summed E-state index contributed by atoms with van der Waals surface area (Å²) in [6.07, 6.45) is 2.14. The molecule has 2 aromatic rings. The maximum absolute atomic E-state index is 13.9. The van der Waals surface area contributed by atoms with E-state index in [4.69, 9.17) is 0 Å². The summed E-state index contributed by atoms with van der Waals surface area (Å²) >= 11 is 0. The van der Waals surface area contributed by atoms with Gasteiger partial charge in [-0.15, -0.1) is 12.4 Å². The molecule has 1 saturated heterocycles. The summed E-state index contributed by atoms with van der Waals surface area (Å²) < 4.78 is 39.6. The molecule has 1 fully saturated rings. The van der Waals surface area contributed by atoms with Crippen molar-refractivity contribution >= 4 is 22.4 Å². The molecular formula is C22H32ClFN4O2S. The van der Waals surface area contributed by atoms with Gasteiger partial charge in [-0.05, 0) is 30.7 Å². The van der Waals surface area contributed by atoms with E-state index in [0.717, 1.165) is 38.3 Å². The summed E-state index contributed by atoms with van der Waals surface area (Å²) in [5, 5.41) is 0. The third-order valence-electron chi connectivity index (χ3n) is 5.71. The Kier molecular flexibility index (Phi) is 9.84. The predicted octanol–water partition coefficient (Wildman–Crippen LogP) is 3.02. The Balaban J connectivity index is 0.00000341. The molecule has 0 N–H and O–H groups in total. The highest BCUT2D eigenvalue weighted by Gasteiger charge is 2.27. The first-order chi connectivity index (χ1) is 14.4. The lowest BCUT2D eigenvalue weighted by atomic mass is 10.0. The second kappa shape index (κ2) is 11.9. The number of benzene rings is 1. The second-order valence-electron chi connectivity index (χ2n) is 7.67. The highest BCUT2D eigenvalue weighted by Crippen LogP contribution is 2.28. The van der Waals surface area contributed by atoms with Gasteiger partial charge in [-0.2, -0.15) is 0 Å². The normalized spacial score (nSPS) is 16.8. The van der Waals surface area contributed by atoms with Gasteiger partial charge < -0.3 is 4.90 Å². The van der Waals surface area contributed by atoms with E-state index in [2.05, 4.69) is 26.9 Å². The Hall–Kier alpha value is -1.58. The Bertz CT molecular complexity index is 909. The van der Waals surface area contributed by atoms with Gasteiger partial charge in [0, 0.05) is 46.0 Å². The lowest BCUT2D eigenvalue weighted by molar-refractivity contribution is 0.108. The standard InChI is InChI=1S/C22H31FN4O2S.ClH/c1-3-25(2)30(28,29)17-7-12-26-13-15-27(16-14-26)22(19-8-5-4-6-9-19)21-18-20(23)10-11-24-21;/h4-6,8-11,18,22H,3,7,12-17H2,1-2H3;1H. The number of aromatic nitrogens is 1. The first-order valence-corrected chi connectivity index (χ1v) is 12.1. The molecule has 9 heteroatoms. The number of hydrogen-bond donors (Lipinski definition) is 0. The number of rotatable bonds is 9. The van der Waals surface area contributed by atoms with Crippen LogP contribution in [0.25, 0.3) is 0 Å². The first kappa shape index (κ1) is 25.7. The van der Waals surface area contributed by atoms with Crippen LogP contribution in [-0.2, 0) is 10.0 Å². The van der Waals surface area contributed by atoms with Crippen molar-refractivity contribution in [2.45, 2.75) is 19.4 Å². The van der Waals surface area contributed by atoms with Crippen molar-refractivity contribution in [1.82, 2.24) is 19.1 Å². The molecule has 31 heavy (non-hydrogen) atoms. The monoisotopic (exact) mass is 470 g/mol. The number of halogens is 2. The minimum Gasteiger partial charge on any atom is -0.301 e. The first-order valence-electron chi connectivity index (χ1n) is 10.5. The molecule has 1 aliphatic rings. The van der Waals surface area contributed by atoms with Crippen LogP contribution in [0.4, 0.5) is 4.39 Å². The van der Waals surface area contributed by atoms with E-state index in [-0.39, 0.29) is 30.0 Å². The third kappa shape index (κ3) is 6.95. The predicted molar refractivity (Wildman–Crippen MR) is 124 cm³/mol. The van der Waals surface area contributed by atoms with Gasteiger partial charge in [-0.3, -0.25) is 9.88 Å². The summed E-state index contributed by atoms with van der Waals surface area (Å²) in [5.74, 6) is -0.102. The Morgan fingerprint density at radius 3 is 2.42 bits per heavy atom. The van der Waals surface area contributed by atoms with Crippen molar-refractivity contribution in [3.8, 4) is 0 Å². The minimum absolute atomic E-state index is 0. The molecule has 1 unspecified atom stereocenters. The zero-order valence-corrected chi connectivity index (χ0v) is 19.8. The summed E-state index contributed by atoms with van der Waals surface area (Å²) in [7, 11) is -1.54. The second-order valence-corrected chi connectivity index (χ2v) is 9.87.